The molecular weight excluding hydrogens is 364 g/mol. The summed E-state index contributed by atoms with van der Waals surface area (Å²) in [5, 5.41) is 0.274. The van der Waals surface area contributed by atoms with Gasteiger partial charge in [0.1, 0.15) is 0 Å². The monoisotopic (exact) mass is 408 g/mol. The SMILES string of the molecule is C=CC=C(C)CCC1CC(OC)OC1C=C(C)CCCO[Si](C)(C)C(C)(C)C. The third-order valence-electron chi connectivity index (χ3n) is 6.28. The lowest BCUT2D eigenvalue weighted by atomic mass is 9.92. The van der Waals surface area contributed by atoms with E-state index in [1.54, 1.807) is 7.11 Å². The molecule has 162 valence electrons. The molecule has 3 nitrogen and oxygen atoms in total. The number of hydrogen-bond donors (Lipinski definition) is 0. The number of rotatable bonds is 11. The Kier molecular flexibility index (Phi) is 10.4. The van der Waals surface area contributed by atoms with Crippen molar-refractivity contribution in [1.29, 1.82) is 0 Å². The molecule has 0 aromatic carbocycles. The summed E-state index contributed by atoms with van der Waals surface area (Å²) >= 11 is 0. The van der Waals surface area contributed by atoms with Gasteiger partial charge in [0.05, 0.1) is 6.10 Å². The highest BCUT2D eigenvalue weighted by Crippen LogP contribution is 2.37. The van der Waals surface area contributed by atoms with Gasteiger partial charge < -0.3 is 13.9 Å². The van der Waals surface area contributed by atoms with Gasteiger partial charge in [-0.15, -0.1) is 0 Å². The van der Waals surface area contributed by atoms with Crippen LogP contribution in [0.1, 0.15) is 66.7 Å². The molecule has 0 amide bonds. The van der Waals surface area contributed by atoms with Crippen molar-refractivity contribution in [2.75, 3.05) is 13.7 Å². The van der Waals surface area contributed by atoms with Gasteiger partial charge in [-0.3, -0.25) is 0 Å². The predicted molar refractivity (Wildman–Crippen MR) is 123 cm³/mol. The summed E-state index contributed by atoms with van der Waals surface area (Å²) in [5.74, 6) is 0.511. The van der Waals surface area contributed by atoms with Crippen molar-refractivity contribution < 1.29 is 13.9 Å². The zero-order chi connectivity index (χ0) is 21.4. The molecule has 0 radical (unpaired) electrons. The Morgan fingerprint density at radius 1 is 1.18 bits per heavy atom. The third-order valence-corrected chi connectivity index (χ3v) is 10.8. The minimum atomic E-state index is -1.64. The van der Waals surface area contributed by atoms with Crippen LogP contribution in [0.2, 0.25) is 18.1 Å². The van der Waals surface area contributed by atoms with E-state index in [0.29, 0.717) is 5.92 Å². The standard InChI is InChI=1S/C24H44O3Si/c1-10-12-19(2)14-15-21-18-23(25-7)27-22(21)17-20(3)13-11-16-26-28(8,9)24(4,5)6/h10,12,17,21-23H,1,11,13-16,18H2,2-9H3. The summed E-state index contributed by atoms with van der Waals surface area (Å²) in [4.78, 5) is 0. The highest BCUT2D eigenvalue weighted by Gasteiger charge is 2.37. The Labute approximate surface area is 175 Å². The first-order valence-electron chi connectivity index (χ1n) is 10.8. The Hall–Kier alpha value is -0.683. The number of allylic oxidation sites excluding steroid dienone is 4. The van der Waals surface area contributed by atoms with Crippen LogP contribution in [-0.4, -0.2) is 34.4 Å². The van der Waals surface area contributed by atoms with E-state index in [0.717, 1.165) is 38.7 Å². The summed E-state index contributed by atoms with van der Waals surface area (Å²) in [6.07, 6.45) is 11.7. The molecular formula is C24H44O3Si. The van der Waals surface area contributed by atoms with E-state index in [1.807, 2.05) is 6.08 Å². The lowest BCUT2D eigenvalue weighted by Gasteiger charge is -2.36. The van der Waals surface area contributed by atoms with Crippen LogP contribution in [0.25, 0.3) is 0 Å². The zero-order valence-electron chi connectivity index (χ0n) is 19.6. The predicted octanol–water partition coefficient (Wildman–Crippen LogP) is 7.02. The molecule has 0 bridgehead atoms. The Balaban J connectivity index is 2.54. The second-order valence-corrected chi connectivity index (χ2v) is 14.6. The molecule has 1 aliphatic rings. The maximum absolute atomic E-state index is 6.30. The molecule has 0 aromatic rings. The molecule has 0 aliphatic carbocycles. The molecule has 1 saturated heterocycles. The smallest absolute Gasteiger partial charge is 0.191 e. The average molecular weight is 409 g/mol. The first kappa shape index (κ1) is 25.4. The van der Waals surface area contributed by atoms with Crippen molar-refractivity contribution in [1.82, 2.24) is 0 Å². The fourth-order valence-electron chi connectivity index (χ4n) is 3.29. The van der Waals surface area contributed by atoms with E-state index in [2.05, 4.69) is 66.4 Å². The van der Waals surface area contributed by atoms with Crippen LogP contribution in [-0.2, 0) is 13.9 Å². The van der Waals surface area contributed by atoms with Crippen molar-refractivity contribution in [2.24, 2.45) is 5.92 Å². The molecule has 0 saturated carbocycles. The van der Waals surface area contributed by atoms with Gasteiger partial charge in [-0.25, -0.2) is 0 Å². The summed E-state index contributed by atoms with van der Waals surface area (Å²) < 4.78 is 17.9. The molecule has 3 unspecified atom stereocenters. The summed E-state index contributed by atoms with van der Waals surface area (Å²) in [5.41, 5.74) is 2.77. The van der Waals surface area contributed by atoms with E-state index in [-0.39, 0.29) is 17.4 Å². The first-order chi connectivity index (χ1) is 13.0. The Morgan fingerprint density at radius 2 is 1.86 bits per heavy atom. The second kappa shape index (κ2) is 11.5. The third kappa shape index (κ3) is 8.36. The molecule has 1 rings (SSSR count). The summed E-state index contributed by atoms with van der Waals surface area (Å²) in [6.45, 7) is 20.5. The highest BCUT2D eigenvalue weighted by atomic mass is 28.4. The van der Waals surface area contributed by atoms with Crippen LogP contribution in [0.4, 0.5) is 0 Å². The van der Waals surface area contributed by atoms with Gasteiger partial charge in [-0.2, -0.15) is 0 Å². The maximum Gasteiger partial charge on any atom is 0.191 e. The van der Waals surface area contributed by atoms with Crippen molar-refractivity contribution in [2.45, 2.75) is 97.2 Å². The number of ether oxygens (including phenoxy) is 2. The van der Waals surface area contributed by atoms with E-state index < -0.39 is 8.32 Å². The quantitative estimate of drug-likeness (QED) is 0.159. The van der Waals surface area contributed by atoms with E-state index in [4.69, 9.17) is 13.9 Å². The summed E-state index contributed by atoms with van der Waals surface area (Å²) in [6, 6.07) is 0. The van der Waals surface area contributed by atoms with E-state index in [1.165, 1.54) is 11.1 Å². The molecule has 3 atom stereocenters. The van der Waals surface area contributed by atoms with Gasteiger partial charge in [0.15, 0.2) is 14.6 Å². The van der Waals surface area contributed by atoms with Gasteiger partial charge in [0, 0.05) is 20.1 Å². The Morgan fingerprint density at radius 3 is 2.43 bits per heavy atom. The van der Waals surface area contributed by atoms with Crippen LogP contribution >= 0.6 is 0 Å². The number of hydrogen-bond acceptors (Lipinski definition) is 3. The average Bonchev–Trinajstić information content (AvgIpc) is 2.98. The maximum atomic E-state index is 6.30. The molecule has 4 heteroatoms. The normalized spacial score (nSPS) is 24.6. The lowest BCUT2D eigenvalue weighted by molar-refractivity contribution is -0.105. The molecule has 1 aliphatic heterocycles. The van der Waals surface area contributed by atoms with Crippen molar-refractivity contribution >= 4 is 8.32 Å². The van der Waals surface area contributed by atoms with Gasteiger partial charge in [0.25, 0.3) is 0 Å². The van der Waals surface area contributed by atoms with E-state index >= 15 is 0 Å². The molecule has 0 N–H and O–H groups in total. The molecule has 28 heavy (non-hydrogen) atoms. The lowest BCUT2D eigenvalue weighted by Crippen LogP contribution is -2.40. The van der Waals surface area contributed by atoms with Crippen molar-refractivity contribution in [3.05, 3.63) is 36.0 Å². The second-order valence-electron chi connectivity index (χ2n) is 9.77. The fourth-order valence-corrected chi connectivity index (χ4v) is 4.38. The Bertz CT molecular complexity index is 543. The van der Waals surface area contributed by atoms with Gasteiger partial charge in [-0.05, 0) is 63.6 Å². The number of methoxy groups -OCH3 is 1. The van der Waals surface area contributed by atoms with Crippen molar-refractivity contribution in [3.63, 3.8) is 0 Å². The van der Waals surface area contributed by atoms with Crippen LogP contribution < -0.4 is 0 Å². The van der Waals surface area contributed by atoms with Gasteiger partial charge in [0.2, 0.25) is 0 Å². The minimum absolute atomic E-state index is 0.0790. The van der Waals surface area contributed by atoms with Crippen LogP contribution in [0.15, 0.2) is 36.0 Å². The first-order valence-corrected chi connectivity index (χ1v) is 13.7. The summed E-state index contributed by atoms with van der Waals surface area (Å²) in [7, 11) is 0.0986. The molecule has 1 heterocycles. The zero-order valence-corrected chi connectivity index (χ0v) is 20.6. The van der Waals surface area contributed by atoms with Gasteiger partial charge in [-0.1, -0.05) is 56.7 Å². The van der Waals surface area contributed by atoms with Crippen LogP contribution in [0.3, 0.4) is 0 Å². The van der Waals surface area contributed by atoms with E-state index in [9.17, 15) is 0 Å². The fraction of sp³-hybridized carbons (Fsp3) is 0.750. The minimum Gasteiger partial charge on any atom is -0.417 e. The molecule has 0 aromatic heterocycles. The molecule has 0 spiro atoms. The van der Waals surface area contributed by atoms with Gasteiger partial charge >= 0.3 is 0 Å². The highest BCUT2D eigenvalue weighted by molar-refractivity contribution is 6.74. The topological polar surface area (TPSA) is 27.7 Å². The largest absolute Gasteiger partial charge is 0.417 e. The molecule has 1 fully saturated rings. The van der Waals surface area contributed by atoms with Crippen LogP contribution in [0, 0.1) is 5.92 Å². The van der Waals surface area contributed by atoms with Crippen LogP contribution in [0.5, 0.6) is 0 Å². The van der Waals surface area contributed by atoms with Crippen molar-refractivity contribution in [3.8, 4) is 0 Å².